The molecule has 6 nitrogen and oxygen atoms in total. The van der Waals surface area contributed by atoms with Gasteiger partial charge in [-0.2, -0.15) is 0 Å². The second kappa shape index (κ2) is 13.4. The molecule has 8 heteroatoms. The summed E-state index contributed by atoms with van der Waals surface area (Å²) in [5, 5.41) is 7.64. The number of rotatable bonds is 10. The van der Waals surface area contributed by atoms with Crippen LogP contribution in [0.1, 0.15) is 37.7 Å². The third-order valence-electron chi connectivity index (χ3n) is 4.47. The van der Waals surface area contributed by atoms with E-state index < -0.39 is 0 Å². The predicted octanol–water partition coefficient (Wildman–Crippen LogP) is 3.76. The molecule has 0 amide bonds. The van der Waals surface area contributed by atoms with Crippen LogP contribution >= 0.6 is 24.0 Å². The fourth-order valence-corrected chi connectivity index (χ4v) is 2.96. The van der Waals surface area contributed by atoms with Gasteiger partial charge in [0.2, 0.25) is 0 Å². The van der Waals surface area contributed by atoms with Gasteiger partial charge in [0.25, 0.3) is 0 Å². The van der Waals surface area contributed by atoms with Crippen molar-refractivity contribution in [1.82, 2.24) is 15.6 Å². The summed E-state index contributed by atoms with van der Waals surface area (Å²) in [7, 11) is 3.17. The molecule has 0 saturated carbocycles. The van der Waals surface area contributed by atoms with Gasteiger partial charge >= 0.3 is 5.97 Å². The number of fused-ring (bicyclic) bond motifs is 1. The number of nitrogens with one attached hydrogen (secondary N) is 3. The van der Waals surface area contributed by atoms with E-state index in [1.54, 1.807) is 7.05 Å². The lowest BCUT2D eigenvalue weighted by molar-refractivity contribution is -0.140. The Labute approximate surface area is 182 Å². The molecule has 0 aliphatic rings. The molecule has 0 aliphatic heterocycles. The summed E-state index contributed by atoms with van der Waals surface area (Å²) in [6, 6.07) is 4.81. The van der Waals surface area contributed by atoms with E-state index in [4.69, 9.17) is 0 Å². The number of guanidine groups is 1. The molecule has 0 unspecified atom stereocenters. The van der Waals surface area contributed by atoms with Crippen LogP contribution in [0.5, 0.6) is 0 Å². The molecule has 0 saturated heterocycles. The lowest BCUT2D eigenvalue weighted by Crippen LogP contribution is -2.38. The van der Waals surface area contributed by atoms with Gasteiger partial charge in [-0.25, -0.2) is 4.39 Å². The summed E-state index contributed by atoms with van der Waals surface area (Å²) in [5.74, 6) is 0.400. The monoisotopic (exact) mass is 504 g/mol. The first-order valence-corrected chi connectivity index (χ1v) is 9.41. The van der Waals surface area contributed by atoms with E-state index >= 15 is 0 Å². The van der Waals surface area contributed by atoms with E-state index in [-0.39, 0.29) is 35.8 Å². The second-order valence-electron chi connectivity index (χ2n) is 6.42. The zero-order chi connectivity index (χ0) is 19.5. The van der Waals surface area contributed by atoms with Crippen molar-refractivity contribution in [3.05, 3.63) is 35.8 Å². The number of esters is 1. The Bertz CT molecular complexity index is 764. The minimum absolute atomic E-state index is 0. The molecule has 0 bridgehead atoms. The summed E-state index contributed by atoms with van der Waals surface area (Å²) >= 11 is 0. The average molecular weight is 504 g/mol. The van der Waals surface area contributed by atoms with Gasteiger partial charge in [0.1, 0.15) is 5.82 Å². The lowest BCUT2D eigenvalue weighted by Gasteiger charge is -2.11. The number of hydrogen-bond donors (Lipinski definition) is 3. The Morgan fingerprint density at radius 1 is 1.18 bits per heavy atom. The van der Waals surface area contributed by atoms with Crippen molar-refractivity contribution < 1.29 is 13.9 Å². The number of nitrogens with zero attached hydrogens (tertiary/aromatic N) is 1. The van der Waals surface area contributed by atoms with E-state index in [1.807, 2.05) is 12.3 Å². The second-order valence-corrected chi connectivity index (χ2v) is 6.42. The summed E-state index contributed by atoms with van der Waals surface area (Å²) in [4.78, 5) is 18.4. The third-order valence-corrected chi connectivity index (χ3v) is 4.47. The van der Waals surface area contributed by atoms with Crippen LogP contribution < -0.4 is 10.6 Å². The molecule has 1 aromatic heterocycles. The first kappa shape index (κ1) is 24.2. The van der Waals surface area contributed by atoms with E-state index in [0.29, 0.717) is 6.42 Å². The molecule has 2 aromatic rings. The minimum atomic E-state index is -0.232. The molecule has 0 aliphatic carbocycles. The van der Waals surface area contributed by atoms with Gasteiger partial charge in [0, 0.05) is 43.7 Å². The summed E-state index contributed by atoms with van der Waals surface area (Å²) in [6.07, 6.45) is 7.21. The molecule has 28 heavy (non-hydrogen) atoms. The van der Waals surface area contributed by atoms with Crippen LogP contribution in [0.2, 0.25) is 0 Å². The molecular formula is C20H30FIN4O2. The van der Waals surface area contributed by atoms with Gasteiger partial charge in [-0.05, 0) is 43.0 Å². The molecule has 1 heterocycles. The number of aromatic nitrogens is 1. The number of carbonyl (C=O) groups excluding carboxylic acids is 1. The third kappa shape index (κ3) is 8.04. The van der Waals surface area contributed by atoms with Crippen LogP contribution in [0.25, 0.3) is 10.9 Å². The van der Waals surface area contributed by atoms with Crippen molar-refractivity contribution in [2.24, 2.45) is 4.99 Å². The number of methoxy groups -OCH3 is 1. The number of halogens is 2. The number of hydrogen-bond acceptors (Lipinski definition) is 3. The fourth-order valence-electron chi connectivity index (χ4n) is 2.96. The smallest absolute Gasteiger partial charge is 0.305 e. The Balaban J connectivity index is 0.00000392. The summed E-state index contributed by atoms with van der Waals surface area (Å²) in [6.45, 7) is 1.58. The Morgan fingerprint density at radius 2 is 1.93 bits per heavy atom. The van der Waals surface area contributed by atoms with E-state index in [2.05, 4.69) is 25.3 Å². The van der Waals surface area contributed by atoms with Crippen molar-refractivity contribution in [1.29, 1.82) is 0 Å². The van der Waals surface area contributed by atoms with Crippen LogP contribution in [0.4, 0.5) is 4.39 Å². The summed E-state index contributed by atoms with van der Waals surface area (Å²) < 4.78 is 17.9. The number of aromatic amines is 1. The highest BCUT2D eigenvalue weighted by Gasteiger charge is 2.05. The zero-order valence-electron chi connectivity index (χ0n) is 16.5. The van der Waals surface area contributed by atoms with Crippen LogP contribution in [-0.2, 0) is 16.0 Å². The number of benzene rings is 1. The molecule has 3 N–H and O–H groups in total. The maximum Gasteiger partial charge on any atom is 0.305 e. The van der Waals surface area contributed by atoms with Crippen LogP contribution in [-0.4, -0.2) is 44.2 Å². The SMILES string of the molecule is CN=C(NCCCCCCC(=O)OC)NCCc1c[nH]c2cc(F)ccc12.I. The van der Waals surface area contributed by atoms with Gasteiger partial charge in [0.15, 0.2) is 5.96 Å². The van der Waals surface area contributed by atoms with Gasteiger partial charge in [-0.1, -0.05) is 12.8 Å². The quantitative estimate of drug-likeness (QED) is 0.152. The number of carbonyl (C=O) groups is 1. The molecule has 0 fully saturated rings. The predicted molar refractivity (Wildman–Crippen MR) is 122 cm³/mol. The maximum atomic E-state index is 13.2. The van der Waals surface area contributed by atoms with Crippen molar-refractivity contribution >= 4 is 46.8 Å². The van der Waals surface area contributed by atoms with E-state index in [0.717, 1.165) is 67.6 Å². The number of unbranched alkanes of at least 4 members (excludes halogenated alkanes) is 3. The molecule has 0 atom stereocenters. The zero-order valence-corrected chi connectivity index (χ0v) is 18.8. The minimum Gasteiger partial charge on any atom is -0.469 e. The molecule has 1 aromatic carbocycles. The highest BCUT2D eigenvalue weighted by molar-refractivity contribution is 14.0. The standard InChI is InChI=1S/C20H29FN4O2.HI/c1-22-20(23-11-6-4-3-5-7-19(26)27-2)24-12-10-15-14-25-18-13-16(21)8-9-17(15)18;/h8-9,13-14,25H,3-7,10-12H2,1-2H3,(H2,22,23,24);1H. The molecule has 0 spiro atoms. The van der Waals surface area contributed by atoms with Crippen molar-refractivity contribution in [3.8, 4) is 0 Å². The van der Waals surface area contributed by atoms with Crippen LogP contribution in [0, 0.1) is 5.82 Å². The number of H-pyrrole nitrogens is 1. The first-order valence-electron chi connectivity index (χ1n) is 9.41. The van der Waals surface area contributed by atoms with E-state index in [9.17, 15) is 9.18 Å². The Hall–Kier alpha value is -1.84. The molecule has 0 radical (unpaired) electrons. The van der Waals surface area contributed by atoms with Crippen molar-refractivity contribution in [3.63, 3.8) is 0 Å². The number of ether oxygens (including phenoxy) is 1. The maximum absolute atomic E-state index is 13.2. The first-order chi connectivity index (χ1) is 13.1. The fraction of sp³-hybridized carbons (Fsp3) is 0.500. The van der Waals surface area contributed by atoms with Crippen molar-refractivity contribution in [2.45, 2.75) is 38.5 Å². The lowest BCUT2D eigenvalue weighted by atomic mass is 10.1. The van der Waals surface area contributed by atoms with Gasteiger partial charge in [-0.3, -0.25) is 9.79 Å². The van der Waals surface area contributed by atoms with Crippen LogP contribution in [0.15, 0.2) is 29.4 Å². The van der Waals surface area contributed by atoms with Crippen LogP contribution in [0.3, 0.4) is 0 Å². The summed E-state index contributed by atoms with van der Waals surface area (Å²) in [5.41, 5.74) is 1.97. The number of aliphatic imine (C=N–C) groups is 1. The highest BCUT2D eigenvalue weighted by Crippen LogP contribution is 2.19. The Kier molecular flexibility index (Phi) is 11.5. The topological polar surface area (TPSA) is 78.5 Å². The highest BCUT2D eigenvalue weighted by atomic mass is 127. The normalized spacial score (nSPS) is 11.2. The van der Waals surface area contributed by atoms with Gasteiger partial charge in [-0.15, -0.1) is 24.0 Å². The van der Waals surface area contributed by atoms with Gasteiger partial charge < -0.3 is 20.4 Å². The van der Waals surface area contributed by atoms with E-state index in [1.165, 1.54) is 19.2 Å². The van der Waals surface area contributed by atoms with Crippen molar-refractivity contribution in [2.75, 3.05) is 27.2 Å². The molecule has 2 rings (SSSR count). The largest absolute Gasteiger partial charge is 0.469 e. The average Bonchev–Trinajstić information content (AvgIpc) is 3.07. The van der Waals surface area contributed by atoms with Gasteiger partial charge in [0.05, 0.1) is 7.11 Å². The molecule has 156 valence electrons. The molecular weight excluding hydrogens is 474 g/mol. The Morgan fingerprint density at radius 3 is 2.68 bits per heavy atom.